The predicted molar refractivity (Wildman–Crippen MR) is 112 cm³/mol. The molecule has 0 aliphatic rings. The van der Waals surface area contributed by atoms with E-state index < -0.39 is 0 Å². The summed E-state index contributed by atoms with van der Waals surface area (Å²) in [4.78, 5) is 4.70. The van der Waals surface area contributed by atoms with Gasteiger partial charge in [0.05, 0.1) is 11.4 Å². The van der Waals surface area contributed by atoms with Gasteiger partial charge in [0.1, 0.15) is 5.82 Å². The number of nitrogens with one attached hydrogen (secondary N) is 1. The van der Waals surface area contributed by atoms with Crippen LogP contribution in [0.25, 0.3) is 17.1 Å². The third-order valence-corrected chi connectivity index (χ3v) is 4.92. The van der Waals surface area contributed by atoms with Crippen molar-refractivity contribution in [1.29, 1.82) is 0 Å². The Morgan fingerprint density at radius 2 is 1.79 bits per heavy atom. The van der Waals surface area contributed by atoms with Gasteiger partial charge in [0, 0.05) is 17.7 Å². The summed E-state index contributed by atoms with van der Waals surface area (Å²) in [5, 5.41) is 12.2. The molecule has 5 heteroatoms. The van der Waals surface area contributed by atoms with E-state index in [0.29, 0.717) is 5.92 Å². The molecule has 0 aliphatic carbocycles. The van der Waals surface area contributed by atoms with Crippen molar-refractivity contribution in [3.63, 3.8) is 0 Å². The van der Waals surface area contributed by atoms with E-state index in [-0.39, 0.29) is 5.92 Å². The Kier molecular flexibility index (Phi) is 5.06. The van der Waals surface area contributed by atoms with Crippen molar-refractivity contribution < 1.29 is 0 Å². The van der Waals surface area contributed by atoms with Gasteiger partial charge in [-0.25, -0.2) is 9.67 Å². The highest BCUT2D eigenvalue weighted by Crippen LogP contribution is 2.22. The van der Waals surface area contributed by atoms with Crippen LogP contribution in [0.4, 0.5) is 0 Å². The van der Waals surface area contributed by atoms with Crippen molar-refractivity contribution in [2.24, 2.45) is 0 Å². The van der Waals surface area contributed by atoms with E-state index in [1.807, 2.05) is 41.2 Å². The number of nitrogens with zero attached hydrogens (tertiary/aromatic N) is 4. The molecule has 2 aromatic heterocycles. The maximum atomic E-state index is 4.70. The fourth-order valence-electron chi connectivity index (χ4n) is 3.28. The van der Waals surface area contributed by atoms with Gasteiger partial charge in [-0.15, -0.1) is 0 Å². The Morgan fingerprint density at radius 1 is 0.964 bits per heavy atom. The molecule has 0 aliphatic heterocycles. The lowest BCUT2D eigenvalue weighted by atomic mass is 10.00. The van der Waals surface area contributed by atoms with Crippen LogP contribution in [-0.4, -0.2) is 25.0 Å². The van der Waals surface area contributed by atoms with Crippen molar-refractivity contribution in [2.45, 2.75) is 39.0 Å². The van der Waals surface area contributed by atoms with Gasteiger partial charge in [-0.05, 0) is 36.1 Å². The molecule has 28 heavy (non-hydrogen) atoms. The number of aromatic nitrogens is 5. The van der Waals surface area contributed by atoms with Crippen molar-refractivity contribution in [2.75, 3.05) is 0 Å². The van der Waals surface area contributed by atoms with Gasteiger partial charge in [-0.1, -0.05) is 63.2 Å². The summed E-state index contributed by atoms with van der Waals surface area (Å²) in [5.41, 5.74) is 4.47. The number of hydrogen-bond acceptors (Lipinski definition) is 3. The fraction of sp³-hybridized carbons (Fsp3) is 0.261. The van der Waals surface area contributed by atoms with E-state index in [1.165, 1.54) is 5.56 Å². The lowest BCUT2D eigenvalue weighted by Crippen LogP contribution is -2.03. The Morgan fingerprint density at radius 3 is 2.54 bits per heavy atom. The van der Waals surface area contributed by atoms with Crippen LogP contribution in [0.1, 0.15) is 49.7 Å². The SMILES string of the molecule is CC(C)c1ccn(-c2cccc(CC(C)c3nc(-c4ccccc4)n[nH]3)c2)n1. The van der Waals surface area contributed by atoms with E-state index in [9.17, 15) is 0 Å². The monoisotopic (exact) mass is 371 g/mol. The number of H-pyrrole nitrogens is 1. The van der Waals surface area contributed by atoms with Crippen LogP contribution in [0.2, 0.25) is 0 Å². The topological polar surface area (TPSA) is 59.4 Å². The molecule has 4 rings (SSSR count). The van der Waals surface area contributed by atoms with Gasteiger partial charge in [0.15, 0.2) is 5.82 Å². The molecule has 1 N–H and O–H groups in total. The minimum atomic E-state index is 0.240. The van der Waals surface area contributed by atoms with Crippen LogP contribution in [0, 0.1) is 0 Å². The van der Waals surface area contributed by atoms with E-state index in [4.69, 9.17) is 4.98 Å². The van der Waals surface area contributed by atoms with E-state index in [2.05, 4.69) is 66.4 Å². The van der Waals surface area contributed by atoms with E-state index in [1.54, 1.807) is 0 Å². The normalized spacial score (nSPS) is 12.4. The molecular formula is C23H25N5. The van der Waals surface area contributed by atoms with Gasteiger partial charge < -0.3 is 0 Å². The molecule has 0 bridgehead atoms. The molecule has 5 nitrogen and oxygen atoms in total. The zero-order valence-electron chi connectivity index (χ0n) is 16.5. The molecule has 2 aromatic carbocycles. The number of aromatic amines is 1. The second kappa shape index (κ2) is 7.80. The Balaban J connectivity index is 1.50. The maximum absolute atomic E-state index is 4.70. The number of hydrogen-bond donors (Lipinski definition) is 1. The molecule has 0 spiro atoms. The highest BCUT2D eigenvalue weighted by Gasteiger charge is 2.14. The largest absolute Gasteiger partial charge is 0.262 e. The molecule has 1 unspecified atom stereocenters. The molecule has 2 heterocycles. The smallest absolute Gasteiger partial charge is 0.181 e. The molecule has 0 amide bonds. The first kappa shape index (κ1) is 18.2. The lowest BCUT2D eigenvalue weighted by molar-refractivity contribution is 0.701. The van der Waals surface area contributed by atoms with Crippen LogP contribution >= 0.6 is 0 Å². The quantitative estimate of drug-likeness (QED) is 0.511. The summed E-state index contributed by atoms with van der Waals surface area (Å²) in [7, 11) is 0. The number of rotatable bonds is 6. The van der Waals surface area contributed by atoms with Crippen molar-refractivity contribution >= 4 is 0 Å². The van der Waals surface area contributed by atoms with Crippen LogP contribution in [0.15, 0.2) is 66.9 Å². The van der Waals surface area contributed by atoms with Crippen molar-refractivity contribution in [3.8, 4) is 17.1 Å². The first-order valence-corrected chi connectivity index (χ1v) is 9.73. The highest BCUT2D eigenvalue weighted by atomic mass is 15.3. The molecule has 1 atom stereocenters. The minimum Gasteiger partial charge on any atom is -0.262 e. The second-order valence-corrected chi connectivity index (χ2v) is 7.53. The van der Waals surface area contributed by atoms with Crippen molar-refractivity contribution in [1.82, 2.24) is 25.0 Å². The Bertz CT molecular complexity index is 1050. The Labute approximate surface area is 165 Å². The molecule has 0 radical (unpaired) electrons. The van der Waals surface area contributed by atoms with Crippen LogP contribution < -0.4 is 0 Å². The van der Waals surface area contributed by atoms with Crippen LogP contribution in [-0.2, 0) is 6.42 Å². The van der Waals surface area contributed by atoms with Crippen molar-refractivity contribution in [3.05, 3.63) is 83.9 Å². The first-order chi connectivity index (χ1) is 13.6. The Hall–Kier alpha value is -3.21. The average molecular weight is 371 g/mol. The summed E-state index contributed by atoms with van der Waals surface area (Å²) >= 11 is 0. The number of benzene rings is 2. The zero-order valence-corrected chi connectivity index (χ0v) is 16.5. The van der Waals surface area contributed by atoms with Gasteiger partial charge in [0.2, 0.25) is 0 Å². The molecule has 4 aromatic rings. The van der Waals surface area contributed by atoms with Gasteiger partial charge >= 0.3 is 0 Å². The highest BCUT2D eigenvalue weighted by molar-refractivity contribution is 5.54. The summed E-state index contributed by atoms with van der Waals surface area (Å²) in [5.74, 6) is 2.32. The predicted octanol–water partition coefficient (Wildman–Crippen LogP) is 5.13. The van der Waals surface area contributed by atoms with E-state index in [0.717, 1.165) is 35.0 Å². The first-order valence-electron chi connectivity index (χ1n) is 9.73. The zero-order chi connectivity index (χ0) is 19.5. The molecular weight excluding hydrogens is 346 g/mol. The minimum absolute atomic E-state index is 0.240. The third kappa shape index (κ3) is 3.88. The summed E-state index contributed by atoms with van der Waals surface area (Å²) in [6.07, 6.45) is 2.91. The molecule has 0 saturated heterocycles. The molecule has 142 valence electrons. The summed E-state index contributed by atoms with van der Waals surface area (Å²) in [6.45, 7) is 6.49. The summed E-state index contributed by atoms with van der Waals surface area (Å²) < 4.78 is 1.95. The molecule has 0 fully saturated rings. The second-order valence-electron chi connectivity index (χ2n) is 7.53. The maximum Gasteiger partial charge on any atom is 0.181 e. The lowest BCUT2D eigenvalue weighted by Gasteiger charge is -2.10. The fourth-order valence-corrected chi connectivity index (χ4v) is 3.28. The van der Waals surface area contributed by atoms with Crippen LogP contribution in [0.5, 0.6) is 0 Å². The van der Waals surface area contributed by atoms with Gasteiger partial charge in [0.25, 0.3) is 0 Å². The van der Waals surface area contributed by atoms with Gasteiger partial charge in [-0.3, -0.25) is 5.10 Å². The van der Waals surface area contributed by atoms with Crippen LogP contribution in [0.3, 0.4) is 0 Å². The summed E-state index contributed by atoms with van der Waals surface area (Å²) in [6, 6.07) is 20.7. The van der Waals surface area contributed by atoms with Gasteiger partial charge in [-0.2, -0.15) is 10.2 Å². The molecule has 0 saturated carbocycles. The standard InChI is InChI=1S/C23H25N5/c1-16(2)21-12-13-28(27-21)20-11-7-8-18(15-20)14-17(3)22-24-23(26-25-22)19-9-5-4-6-10-19/h4-13,15-17H,14H2,1-3H3,(H,24,25,26). The average Bonchev–Trinajstić information content (AvgIpc) is 3.39. The third-order valence-electron chi connectivity index (χ3n) is 4.92. The van der Waals surface area contributed by atoms with E-state index >= 15 is 0 Å².